The van der Waals surface area contributed by atoms with Gasteiger partial charge in [-0.05, 0) is 84.7 Å². The lowest BCUT2D eigenvalue weighted by molar-refractivity contribution is -0.180. The van der Waals surface area contributed by atoms with Gasteiger partial charge in [0.05, 0.1) is 12.7 Å². The predicted octanol–water partition coefficient (Wildman–Crippen LogP) is 12.3. The largest absolute Gasteiger partial charge is 0.347 e. The third-order valence-corrected chi connectivity index (χ3v) is 8.95. The fraction of sp³-hybridized carbons (Fsp3) is 0.897. The van der Waals surface area contributed by atoms with E-state index < -0.39 is 0 Å². The summed E-state index contributed by atoms with van der Waals surface area (Å²) in [5.74, 6) is -0.305. The van der Waals surface area contributed by atoms with E-state index in [2.05, 4.69) is 57.1 Å². The normalized spacial score (nSPS) is 19.3. The van der Waals surface area contributed by atoms with Crippen LogP contribution in [0.2, 0.25) is 0 Å². The Labute approximate surface area is 264 Å². The fourth-order valence-corrected chi connectivity index (χ4v) is 6.12. The van der Waals surface area contributed by atoms with Crippen molar-refractivity contribution in [3.05, 3.63) is 24.3 Å². The van der Waals surface area contributed by atoms with E-state index >= 15 is 0 Å². The minimum absolute atomic E-state index is 0.270. The number of hydrogen-bond donors (Lipinski definition) is 0. The first-order valence-corrected chi connectivity index (χ1v) is 18.9. The molecule has 1 aliphatic heterocycles. The van der Waals surface area contributed by atoms with Crippen molar-refractivity contribution in [3.8, 4) is 0 Å². The Morgan fingerprint density at radius 2 is 0.929 bits per heavy atom. The summed E-state index contributed by atoms with van der Waals surface area (Å²) in [5, 5.41) is 0. The van der Waals surface area contributed by atoms with Gasteiger partial charge in [0, 0.05) is 19.4 Å². The Balaban J connectivity index is 2.17. The van der Waals surface area contributed by atoms with Crippen LogP contribution in [0.4, 0.5) is 0 Å². The molecule has 42 heavy (non-hydrogen) atoms. The Kier molecular flexibility index (Phi) is 27.3. The quantitative estimate of drug-likeness (QED) is 0.0593. The molecule has 0 aromatic heterocycles. The van der Waals surface area contributed by atoms with Crippen LogP contribution in [-0.2, 0) is 9.47 Å². The van der Waals surface area contributed by atoms with Gasteiger partial charge >= 0.3 is 0 Å². The van der Waals surface area contributed by atoms with Crippen LogP contribution in [0.15, 0.2) is 24.3 Å². The minimum atomic E-state index is -0.305. The van der Waals surface area contributed by atoms with Gasteiger partial charge in [0.1, 0.15) is 0 Å². The molecule has 1 rings (SSSR count). The summed E-state index contributed by atoms with van der Waals surface area (Å²) in [6.45, 7) is 6.43. The maximum Gasteiger partial charge on any atom is 0.168 e. The van der Waals surface area contributed by atoms with Crippen LogP contribution in [0.5, 0.6) is 0 Å². The van der Waals surface area contributed by atoms with E-state index in [1.807, 2.05) is 0 Å². The van der Waals surface area contributed by atoms with Crippen LogP contribution in [0, 0.1) is 0 Å². The van der Waals surface area contributed by atoms with Gasteiger partial charge in [-0.1, -0.05) is 128 Å². The average molecular weight is 590 g/mol. The lowest BCUT2D eigenvalue weighted by Gasteiger charge is -2.29. The summed E-state index contributed by atoms with van der Waals surface area (Å²) in [6.07, 6.45) is 45.3. The van der Waals surface area contributed by atoms with Crippen molar-refractivity contribution in [2.24, 2.45) is 0 Å². The van der Waals surface area contributed by atoms with E-state index in [4.69, 9.17) is 9.47 Å². The molecule has 0 aliphatic carbocycles. The molecule has 0 saturated carbocycles. The van der Waals surface area contributed by atoms with Crippen molar-refractivity contribution in [3.63, 3.8) is 0 Å². The Morgan fingerprint density at radius 3 is 1.33 bits per heavy atom. The smallest absolute Gasteiger partial charge is 0.168 e. The van der Waals surface area contributed by atoms with Gasteiger partial charge in [-0.15, -0.1) is 0 Å². The minimum Gasteiger partial charge on any atom is -0.347 e. The number of rotatable bonds is 31. The highest BCUT2D eigenvalue weighted by Crippen LogP contribution is 2.35. The molecule has 1 atom stereocenters. The van der Waals surface area contributed by atoms with E-state index in [0.717, 1.165) is 32.4 Å². The molecule has 0 aromatic rings. The summed E-state index contributed by atoms with van der Waals surface area (Å²) in [7, 11) is 4.30. The van der Waals surface area contributed by atoms with Crippen LogP contribution >= 0.6 is 0 Å². The molecule has 248 valence electrons. The SMILES string of the molecule is CCCCCCC=CCCCCCCCCC1(CCCCCCCCC=CCCCCCC)OCC(CCN(C)C)O1. The second-order valence-corrected chi connectivity index (χ2v) is 13.5. The van der Waals surface area contributed by atoms with Crippen molar-refractivity contribution >= 4 is 0 Å². The molecule has 3 nitrogen and oxygen atoms in total. The topological polar surface area (TPSA) is 21.7 Å². The molecule has 0 radical (unpaired) electrons. The highest BCUT2D eigenvalue weighted by molar-refractivity contribution is 4.83. The summed E-state index contributed by atoms with van der Waals surface area (Å²) in [6, 6.07) is 0. The van der Waals surface area contributed by atoms with E-state index in [9.17, 15) is 0 Å². The molecule has 1 fully saturated rings. The molecule has 1 aliphatic rings. The molecule has 1 saturated heterocycles. The zero-order chi connectivity index (χ0) is 30.4. The van der Waals surface area contributed by atoms with Crippen molar-refractivity contribution in [2.75, 3.05) is 27.2 Å². The molecule has 3 heteroatoms. The maximum atomic E-state index is 6.66. The Bertz CT molecular complexity index is 576. The van der Waals surface area contributed by atoms with Gasteiger partial charge in [-0.25, -0.2) is 0 Å². The van der Waals surface area contributed by atoms with Crippen LogP contribution in [0.25, 0.3) is 0 Å². The van der Waals surface area contributed by atoms with E-state index in [0.29, 0.717) is 0 Å². The second-order valence-electron chi connectivity index (χ2n) is 13.5. The standard InChI is InChI=1S/C39H75NO2/c1-5-7-9-11-13-15-17-19-21-23-25-27-29-31-34-39(41-37-38(42-39)33-36-40(3)4)35-32-30-28-26-24-22-20-18-16-14-12-10-8-6-2/h15-18,38H,5-14,19-37H2,1-4H3. The molecular weight excluding hydrogens is 514 g/mol. The summed E-state index contributed by atoms with van der Waals surface area (Å²) in [4.78, 5) is 2.26. The van der Waals surface area contributed by atoms with Gasteiger partial charge in [0.15, 0.2) is 5.79 Å². The molecular formula is C39H75NO2. The average Bonchev–Trinajstić information content (AvgIpc) is 3.39. The van der Waals surface area contributed by atoms with E-state index in [1.54, 1.807) is 0 Å². The molecule has 0 spiro atoms. The highest BCUT2D eigenvalue weighted by Gasteiger charge is 2.40. The first-order valence-electron chi connectivity index (χ1n) is 18.9. The van der Waals surface area contributed by atoms with Crippen LogP contribution in [0.3, 0.4) is 0 Å². The molecule has 0 bridgehead atoms. The van der Waals surface area contributed by atoms with Gasteiger partial charge in [0.25, 0.3) is 0 Å². The Morgan fingerprint density at radius 1 is 0.548 bits per heavy atom. The Hall–Kier alpha value is -0.640. The van der Waals surface area contributed by atoms with Crippen LogP contribution < -0.4 is 0 Å². The molecule has 1 unspecified atom stereocenters. The molecule has 0 N–H and O–H groups in total. The van der Waals surface area contributed by atoms with Gasteiger partial charge in [-0.2, -0.15) is 0 Å². The lowest BCUT2D eigenvalue weighted by Crippen LogP contribution is -2.31. The van der Waals surface area contributed by atoms with Crippen molar-refractivity contribution in [1.82, 2.24) is 4.90 Å². The number of unbranched alkanes of at least 4 members (excludes halogenated alkanes) is 20. The number of hydrogen-bond acceptors (Lipinski definition) is 3. The van der Waals surface area contributed by atoms with Crippen molar-refractivity contribution < 1.29 is 9.47 Å². The first-order chi connectivity index (χ1) is 20.6. The molecule has 0 aromatic carbocycles. The summed E-state index contributed by atoms with van der Waals surface area (Å²) < 4.78 is 13.1. The molecule has 0 amide bonds. The highest BCUT2D eigenvalue weighted by atomic mass is 16.7. The predicted molar refractivity (Wildman–Crippen MR) is 186 cm³/mol. The molecule has 1 heterocycles. The van der Waals surface area contributed by atoms with E-state index in [1.165, 1.54) is 154 Å². The maximum absolute atomic E-state index is 6.66. The third-order valence-electron chi connectivity index (χ3n) is 8.95. The van der Waals surface area contributed by atoms with Gasteiger partial charge in [0.2, 0.25) is 0 Å². The number of allylic oxidation sites excluding steroid dienone is 4. The van der Waals surface area contributed by atoms with Crippen LogP contribution in [0.1, 0.15) is 187 Å². The number of nitrogens with zero attached hydrogens (tertiary/aromatic N) is 1. The second kappa shape index (κ2) is 29.1. The monoisotopic (exact) mass is 590 g/mol. The van der Waals surface area contributed by atoms with E-state index in [-0.39, 0.29) is 11.9 Å². The third kappa shape index (κ3) is 23.8. The van der Waals surface area contributed by atoms with Gasteiger partial charge in [-0.3, -0.25) is 0 Å². The van der Waals surface area contributed by atoms with Crippen LogP contribution in [-0.4, -0.2) is 44.0 Å². The van der Waals surface area contributed by atoms with Crippen molar-refractivity contribution in [1.29, 1.82) is 0 Å². The zero-order valence-corrected chi connectivity index (χ0v) is 29.2. The summed E-state index contributed by atoms with van der Waals surface area (Å²) in [5.41, 5.74) is 0. The fourth-order valence-electron chi connectivity index (χ4n) is 6.12. The summed E-state index contributed by atoms with van der Waals surface area (Å²) >= 11 is 0. The zero-order valence-electron chi connectivity index (χ0n) is 29.2. The first kappa shape index (κ1) is 39.4. The van der Waals surface area contributed by atoms with Crippen molar-refractivity contribution in [2.45, 2.75) is 199 Å². The number of ether oxygens (including phenoxy) is 2. The van der Waals surface area contributed by atoms with Gasteiger partial charge < -0.3 is 14.4 Å². The lowest BCUT2D eigenvalue weighted by atomic mass is 9.98.